The lowest BCUT2D eigenvalue weighted by molar-refractivity contribution is 0.195. The predicted molar refractivity (Wildman–Crippen MR) is 82.4 cm³/mol. The number of aromatic nitrogens is 2. The average Bonchev–Trinajstić information content (AvgIpc) is 2.81. The van der Waals surface area contributed by atoms with Gasteiger partial charge < -0.3 is 10.3 Å². The number of hydrogen-bond acceptors (Lipinski definition) is 4. The fourth-order valence-corrected chi connectivity index (χ4v) is 4.98. The summed E-state index contributed by atoms with van der Waals surface area (Å²) in [6.07, 6.45) is 5.34. The summed E-state index contributed by atoms with van der Waals surface area (Å²) in [5.41, 5.74) is 5.78. The number of imidazole rings is 1. The summed E-state index contributed by atoms with van der Waals surface area (Å²) < 4.78 is 29.3. The Labute approximate surface area is 127 Å². The van der Waals surface area contributed by atoms with Crippen molar-refractivity contribution in [3.63, 3.8) is 0 Å². The molecule has 1 fully saturated rings. The van der Waals surface area contributed by atoms with E-state index in [0.717, 1.165) is 38.1 Å². The molecule has 0 aliphatic carbocycles. The first-order valence-electron chi connectivity index (χ1n) is 7.69. The summed E-state index contributed by atoms with van der Waals surface area (Å²) in [6, 6.07) is -0.135. The van der Waals surface area contributed by atoms with E-state index >= 15 is 0 Å². The predicted octanol–water partition coefficient (Wildman–Crippen LogP) is 1.49. The highest BCUT2D eigenvalue weighted by Crippen LogP contribution is 2.29. The van der Waals surface area contributed by atoms with E-state index in [1.54, 1.807) is 10.5 Å². The van der Waals surface area contributed by atoms with Gasteiger partial charge in [0.1, 0.15) is 5.82 Å². The van der Waals surface area contributed by atoms with Gasteiger partial charge in [-0.15, -0.1) is 0 Å². The lowest BCUT2D eigenvalue weighted by Crippen LogP contribution is -2.51. The van der Waals surface area contributed by atoms with Crippen molar-refractivity contribution in [1.82, 2.24) is 13.9 Å². The molecule has 1 saturated heterocycles. The quantitative estimate of drug-likeness (QED) is 0.893. The Bertz CT molecular complexity index is 582. The minimum Gasteiger partial charge on any atom is -0.334 e. The smallest absolute Gasteiger partial charge is 0.262 e. The van der Waals surface area contributed by atoms with Crippen molar-refractivity contribution in [3.05, 3.63) is 12.0 Å². The Morgan fingerprint density at radius 1 is 1.43 bits per heavy atom. The Morgan fingerprint density at radius 2 is 2.14 bits per heavy atom. The minimum atomic E-state index is -3.57. The maximum atomic E-state index is 12.9. The third kappa shape index (κ3) is 3.14. The molecule has 2 N–H and O–H groups in total. The Balaban J connectivity index is 2.37. The molecule has 1 aromatic heterocycles. The van der Waals surface area contributed by atoms with Crippen molar-refractivity contribution < 1.29 is 8.42 Å². The molecule has 2 rings (SSSR count). The molecule has 7 heteroatoms. The van der Waals surface area contributed by atoms with E-state index in [-0.39, 0.29) is 17.1 Å². The van der Waals surface area contributed by atoms with Crippen LogP contribution in [0.4, 0.5) is 0 Å². The zero-order valence-electron chi connectivity index (χ0n) is 13.1. The van der Waals surface area contributed by atoms with Gasteiger partial charge in [0.2, 0.25) is 0 Å². The summed E-state index contributed by atoms with van der Waals surface area (Å²) >= 11 is 0. The Morgan fingerprint density at radius 3 is 2.76 bits per heavy atom. The SMILES string of the molecule is CCCn1cc(S(=O)(=O)N2C(C)CCCC2CN)nc1C. The lowest BCUT2D eigenvalue weighted by atomic mass is 10.00. The first-order chi connectivity index (χ1) is 9.91. The number of nitrogens with zero attached hydrogens (tertiary/aromatic N) is 3. The van der Waals surface area contributed by atoms with Gasteiger partial charge in [0, 0.05) is 31.4 Å². The monoisotopic (exact) mass is 314 g/mol. The molecule has 1 aliphatic rings. The lowest BCUT2D eigenvalue weighted by Gasteiger charge is -2.38. The molecule has 6 nitrogen and oxygen atoms in total. The van der Waals surface area contributed by atoms with Crippen LogP contribution in [0.15, 0.2) is 11.2 Å². The van der Waals surface area contributed by atoms with E-state index in [9.17, 15) is 8.42 Å². The van der Waals surface area contributed by atoms with E-state index in [4.69, 9.17) is 5.73 Å². The maximum Gasteiger partial charge on any atom is 0.262 e. The molecule has 1 aliphatic heterocycles. The molecule has 0 saturated carbocycles. The molecular weight excluding hydrogens is 288 g/mol. The molecule has 0 radical (unpaired) electrons. The highest BCUT2D eigenvalue weighted by atomic mass is 32.2. The van der Waals surface area contributed by atoms with Crippen molar-refractivity contribution >= 4 is 10.0 Å². The van der Waals surface area contributed by atoms with Crippen molar-refractivity contribution in [1.29, 1.82) is 0 Å². The second-order valence-electron chi connectivity index (χ2n) is 5.82. The molecule has 2 unspecified atom stereocenters. The van der Waals surface area contributed by atoms with Crippen LogP contribution in [0.5, 0.6) is 0 Å². The van der Waals surface area contributed by atoms with Crippen LogP contribution < -0.4 is 5.73 Å². The van der Waals surface area contributed by atoms with Gasteiger partial charge in [-0.05, 0) is 33.1 Å². The van der Waals surface area contributed by atoms with Crippen LogP contribution in [0, 0.1) is 6.92 Å². The van der Waals surface area contributed by atoms with E-state index in [1.807, 2.05) is 18.4 Å². The summed E-state index contributed by atoms with van der Waals surface area (Å²) in [6.45, 7) is 7.00. The van der Waals surface area contributed by atoms with Gasteiger partial charge in [-0.2, -0.15) is 4.31 Å². The van der Waals surface area contributed by atoms with E-state index in [0.29, 0.717) is 6.54 Å². The first-order valence-corrected chi connectivity index (χ1v) is 9.13. The standard InChI is InChI=1S/C14H26N4O2S/c1-4-8-17-10-14(16-12(17)3)21(19,20)18-11(2)6-5-7-13(18)9-15/h10-11,13H,4-9,15H2,1-3H3. The Kier molecular flexibility index (Phi) is 5.06. The van der Waals surface area contributed by atoms with Crippen molar-refractivity contribution in [2.75, 3.05) is 6.54 Å². The highest BCUT2D eigenvalue weighted by molar-refractivity contribution is 7.89. The largest absolute Gasteiger partial charge is 0.334 e. The fraction of sp³-hybridized carbons (Fsp3) is 0.786. The van der Waals surface area contributed by atoms with Crippen LogP contribution in [0.1, 0.15) is 45.4 Å². The van der Waals surface area contributed by atoms with Gasteiger partial charge in [-0.3, -0.25) is 0 Å². The summed E-state index contributed by atoms with van der Waals surface area (Å²) in [4.78, 5) is 4.27. The number of rotatable bonds is 5. The topological polar surface area (TPSA) is 81.2 Å². The van der Waals surface area contributed by atoms with E-state index < -0.39 is 10.0 Å². The van der Waals surface area contributed by atoms with E-state index in [1.165, 1.54) is 0 Å². The second-order valence-corrected chi connectivity index (χ2v) is 7.61. The molecule has 120 valence electrons. The van der Waals surface area contributed by atoms with Gasteiger partial charge >= 0.3 is 0 Å². The van der Waals surface area contributed by atoms with Crippen LogP contribution in [0.3, 0.4) is 0 Å². The fourth-order valence-electron chi connectivity index (χ4n) is 3.10. The van der Waals surface area contributed by atoms with Gasteiger partial charge in [-0.1, -0.05) is 13.3 Å². The van der Waals surface area contributed by atoms with Crippen LogP contribution in [-0.2, 0) is 16.6 Å². The molecule has 2 heterocycles. The Hall–Kier alpha value is -0.920. The maximum absolute atomic E-state index is 12.9. The minimum absolute atomic E-state index is 0.0195. The third-order valence-corrected chi connectivity index (χ3v) is 6.12. The zero-order valence-corrected chi connectivity index (χ0v) is 13.9. The molecule has 0 aromatic carbocycles. The van der Waals surface area contributed by atoms with Crippen molar-refractivity contribution in [2.45, 2.75) is 70.1 Å². The van der Waals surface area contributed by atoms with Crippen LogP contribution >= 0.6 is 0 Å². The average molecular weight is 314 g/mol. The zero-order chi connectivity index (χ0) is 15.6. The number of piperidine rings is 1. The van der Waals surface area contributed by atoms with Gasteiger partial charge in [0.15, 0.2) is 5.03 Å². The normalized spacial score (nSPS) is 24.4. The highest BCUT2D eigenvalue weighted by Gasteiger charge is 2.38. The van der Waals surface area contributed by atoms with Gasteiger partial charge in [0.05, 0.1) is 0 Å². The van der Waals surface area contributed by atoms with Crippen LogP contribution in [0.2, 0.25) is 0 Å². The summed E-state index contributed by atoms with van der Waals surface area (Å²) in [5.74, 6) is 0.740. The second kappa shape index (κ2) is 6.46. The molecule has 1 aromatic rings. The number of hydrogen-bond donors (Lipinski definition) is 1. The number of nitrogens with two attached hydrogens (primary N) is 1. The summed E-state index contributed by atoms with van der Waals surface area (Å²) in [7, 11) is -3.57. The molecule has 0 bridgehead atoms. The third-order valence-electron chi connectivity index (χ3n) is 4.19. The van der Waals surface area contributed by atoms with Gasteiger partial charge in [-0.25, -0.2) is 13.4 Å². The molecule has 21 heavy (non-hydrogen) atoms. The van der Waals surface area contributed by atoms with E-state index in [2.05, 4.69) is 11.9 Å². The summed E-state index contributed by atoms with van der Waals surface area (Å²) in [5, 5.41) is 0.153. The molecular formula is C14H26N4O2S. The van der Waals surface area contributed by atoms with Crippen molar-refractivity contribution in [3.8, 4) is 0 Å². The first kappa shape index (κ1) is 16.5. The van der Waals surface area contributed by atoms with Crippen molar-refractivity contribution in [2.24, 2.45) is 5.73 Å². The van der Waals surface area contributed by atoms with Gasteiger partial charge in [0.25, 0.3) is 10.0 Å². The number of sulfonamides is 1. The van der Waals surface area contributed by atoms with Crippen LogP contribution in [0.25, 0.3) is 0 Å². The molecule has 0 spiro atoms. The molecule has 0 amide bonds. The van der Waals surface area contributed by atoms with Crippen LogP contribution in [-0.4, -0.2) is 40.9 Å². The number of aryl methyl sites for hydroxylation is 2. The molecule has 2 atom stereocenters.